The Labute approximate surface area is 47.7 Å². The lowest BCUT2D eigenvalue weighted by Crippen LogP contribution is -2.53. The molecule has 1 aliphatic heterocycles. The van der Waals surface area contributed by atoms with Crippen molar-refractivity contribution in [2.45, 2.75) is 12.3 Å². The molecule has 1 heterocycles. The van der Waals surface area contributed by atoms with Crippen LogP contribution in [0.2, 0.25) is 0 Å². The third-order valence-corrected chi connectivity index (χ3v) is 1.75. The van der Waals surface area contributed by atoms with Crippen LogP contribution < -0.4 is 5.32 Å². The van der Waals surface area contributed by atoms with Gasteiger partial charge in [0.15, 0.2) is 0 Å². The molecule has 0 bridgehead atoms. The van der Waals surface area contributed by atoms with Gasteiger partial charge >= 0.3 is 0 Å². The summed E-state index contributed by atoms with van der Waals surface area (Å²) in [6.07, 6.45) is 0. The van der Waals surface area contributed by atoms with Crippen LogP contribution in [0.3, 0.4) is 0 Å². The van der Waals surface area contributed by atoms with E-state index in [0.29, 0.717) is 0 Å². The molecule has 40 valence electrons. The van der Waals surface area contributed by atoms with Gasteiger partial charge < -0.3 is 5.32 Å². The van der Waals surface area contributed by atoms with Crippen LogP contribution in [0.4, 0.5) is 0 Å². The molecule has 2 nitrogen and oxygen atoms in total. The highest BCUT2D eigenvalue weighted by Gasteiger charge is 2.31. The monoisotopic (exact) mass is 117 g/mol. The third kappa shape index (κ3) is 0.608. The highest BCUT2D eigenvalue weighted by Crippen LogP contribution is 2.15. The molecule has 0 radical (unpaired) electrons. The lowest BCUT2D eigenvalue weighted by atomic mass is 10.1. The Balaban J connectivity index is 2.43. The van der Waals surface area contributed by atoms with E-state index < -0.39 is 0 Å². The van der Waals surface area contributed by atoms with Crippen LogP contribution >= 0.6 is 12.6 Å². The minimum atomic E-state index is 0.104. The van der Waals surface area contributed by atoms with Crippen LogP contribution in [0.5, 0.6) is 0 Å². The van der Waals surface area contributed by atoms with E-state index >= 15 is 0 Å². The maximum Gasteiger partial charge on any atom is 0.226 e. The zero-order chi connectivity index (χ0) is 5.44. The number of nitrogens with one attached hydrogen (secondary N) is 1. The molecule has 0 saturated carbocycles. The molecule has 0 aromatic rings. The summed E-state index contributed by atoms with van der Waals surface area (Å²) in [4.78, 5) is 10.3. The largest absolute Gasteiger partial charge is 0.343 e. The van der Waals surface area contributed by atoms with Crippen molar-refractivity contribution in [2.75, 3.05) is 0 Å². The molecule has 1 aliphatic rings. The van der Waals surface area contributed by atoms with Crippen molar-refractivity contribution in [1.82, 2.24) is 5.32 Å². The van der Waals surface area contributed by atoms with Crippen molar-refractivity contribution < 1.29 is 4.79 Å². The summed E-state index contributed by atoms with van der Waals surface area (Å²) in [5, 5.41) is 2.68. The van der Waals surface area contributed by atoms with E-state index in [1.54, 1.807) is 0 Å². The minimum absolute atomic E-state index is 0.104. The second kappa shape index (κ2) is 1.40. The standard InChI is InChI=1S/C4H7NOS/c1-2-3(6)5-4(2)7/h2,4,7H,1H3,(H,5,6)/t2?,4-/m1/s1. The van der Waals surface area contributed by atoms with E-state index in [1.165, 1.54) is 0 Å². The summed E-state index contributed by atoms with van der Waals surface area (Å²) in [5.41, 5.74) is 0. The van der Waals surface area contributed by atoms with Gasteiger partial charge in [0.2, 0.25) is 5.91 Å². The molecule has 0 aliphatic carbocycles. The fourth-order valence-electron chi connectivity index (χ4n) is 0.449. The van der Waals surface area contributed by atoms with E-state index in [0.717, 1.165) is 0 Å². The van der Waals surface area contributed by atoms with Crippen molar-refractivity contribution in [3.05, 3.63) is 0 Å². The fourth-order valence-corrected chi connectivity index (χ4v) is 0.712. The van der Waals surface area contributed by atoms with Gasteiger partial charge in [-0.3, -0.25) is 4.79 Å². The first-order valence-corrected chi connectivity index (χ1v) is 2.72. The van der Waals surface area contributed by atoms with E-state index in [4.69, 9.17) is 0 Å². The Bertz CT molecular complexity index is 104. The number of amides is 1. The number of β-lactam (4-membered cyclic amide) rings is 1. The summed E-state index contributed by atoms with van der Waals surface area (Å²) in [7, 11) is 0. The predicted octanol–water partition coefficient (Wildman–Crippen LogP) is 0.00820. The molecular weight excluding hydrogens is 110 g/mol. The van der Waals surface area contributed by atoms with Crippen molar-refractivity contribution in [1.29, 1.82) is 0 Å². The molecule has 1 unspecified atom stereocenters. The molecule has 0 aromatic heterocycles. The molecule has 3 heteroatoms. The molecule has 2 atom stereocenters. The zero-order valence-electron chi connectivity index (χ0n) is 4.01. The average Bonchev–Trinajstić information content (AvgIpc) is 1.68. The maximum atomic E-state index is 10.3. The smallest absolute Gasteiger partial charge is 0.226 e. The number of thiol groups is 1. The van der Waals surface area contributed by atoms with Gasteiger partial charge in [-0.15, -0.1) is 0 Å². The number of carbonyl (C=O) groups is 1. The number of hydrogen-bond donors (Lipinski definition) is 2. The van der Waals surface area contributed by atoms with Crippen LogP contribution in [0, 0.1) is 5.92 Å². The quantitative estimate of drug-likeness (QED) is 0.339. The van der Waals surface area contributed by atoms with Crippen LogP contribution in [-0.4, -0.2) is 11.3 Å². The summed E-state index contributed by atoms with van der Waals surface area (Å²) >= 11 is 4.01. The number of rotatable bonds is 0. The molecule has 1 N–H and O–H groups in total. The van der Waals surface area contributed by atoms with Crippen molar-refractivity contribution in [2.24, 2.45) is 5.92 Å². The average molecular weight is 117 g/mol. The minimum Gasteiger partial charge on any atom is -0.343 e. The van der Waals surface area contributed by atoms with Gasteiger partial charge in [-0.1, -0.05) is 6.92 Å². The summed E-state index contributed by atoms with van der Waals surface area (Å²) in [6, 6.07) is 0. The van der Waals surface area contributed by atoms with Crippen LogP contribution in [0.1, 0.15) is 6.92 Å². The first-order chi connectivity index (χ1) is 3.22. The van der Waals surface area contributed by atoms with Gasteiger partial charge in [0.25, 0.3) is 0 Å². The summed E-state index contributed by atoms with van der Waals surface area (Å²) in [6.45, 7) is 1.86. The highest BCUT2D eigenvalue weighted by atomic mass is 32.1. The molecule has 0 spiro atoms. The molecule has 1 fully saturated rings. The van der Waals surface area contributed by atoms with Crippen molar-refractivity contribution in [3.8, 4) is 0 Å². The first kappa shape index (κ1) is 4.97. The van der Waals surface area contributed by atoms with E-state index in [9.17, 15) is 4.79 Å². The third-order valence-electron chi connectivity index (χ3n) is 1.18. The number of hydrogen-bond acceptors (Lipinski definition) is 2. The van der Waals surface area contributed by atoms with Gasteiger partial charge in [-0.2, -0.15) is 12.6 Å². The fraction of sp³-hybridized carbons (Fsp3) is 0.750. The van der Waals surface area contributed by atoms with Gasteiger partial charge in [-0.25, -0.2) is 0 Å². The van der Waals surface area contributed by atoms with Crippen LogP contribution in [0.15, 0.2) is 0 Å². The molecule has 1 rings (SSSR count). The van der Waals surface area contributed by atoms with Gasteiger partial charge in [0, 0.05) is 0 Å². The Morgan fingerprint density at radius 2 is 2.43 bits per heavy atom. The van der Waals surface area contributed by atoms with E-state index in [-0.39, 0.29) is 17.2 Å². The Kier molecular flexibility index (Phi) is 0.995. The molecular formula is C4H7NOS. The summed E-state index contributed by atoms with van der Waals surface area (Å²) < 4.78 is 0. The lowest BCUT2D eigenvalue weighted by Gasteiger charge is -2.29. The van der Waals surface area contributed by atoms with Crippen LogP contribution in [-0.2, 0) is 4.79 Å². The Morgan fingerprint density at radius 3 is 2.43 bits per heavy atom. The molecule has 1 saturated heterocycles. The summed E-state index contributed by atoms with van der Waals surface area (Å²) in [5.74, 6) is 0.225. The molecule has 1 amide bonds. The van der Waals surface area contributed by atoms with E-state index in [2.05, 4.69) is 17.9 Å². The van der Waals surface area contributed by atoms with Crippen molar-refractivity contribution in [3.63, 3.8) is 0 Å². The van der Waals surface area contributed by atoms with Crippen LogP contribution in [0.25, 0.3) is 0 Å². The van der Waals surface area contributed by atoms with Crippen molar-refractivity contribution >= 4 is 18.5 Å². The Morgan fingerprint density at radius 1 is 1.86 bits per heavy atom. The second-order valence-corrected chi connectivity index (χ2v) is 2.30. The Hall–Kier alpha value is -0.180. The predicted molar refractivity (Wildman–Crippen MR) is 30.1 cm³/mol. The first-order valence-electron chi connectivity index (χ1n) is 2.20. The SMILES string of the molecule is CC1C(=O)N[C@@H]1S. The van der Waals surface area contributed by atoms with Gasteiger partial charge in [0.05, 0.1) is 11.3 Å². The molecule has 7 heavy (non-hydrogen) atoms. The highest BCUT2D eigenvalue weighted by molar-refractivity contribution is 7.81. The normalized spacial score (nSPS) is 39.4. The number of carbonyl (C=O) groups excluding carboxylic acids is 1. The zero-order valence-corrected chi connectivity index (χ0v) is 4.90. The maximum absolute atomic E-state index is 10.3. The lowest BCUT2D eigenvalue weighted by molar-refractivity contribution is -0.131. The van der Waals surface area contributed by atoms with Gasteiger partial charge in [0.1, 0.15) is 0 Å². The molecule has 0 aromatic carbocycles. The van der Waals surface area contributed by atoms with E-state index in [1.807, 2.05) is 6.92 Å². The topological polar surface area (TPSA) is 29.1 Å². The van der Waals surface area contributed by atoms with Gasteiger partial charge in [-0.05, 0) is 0 Å². The second-order valence-electron chi connectivity index (χ2n) is 1.74.